The Morgan fingerprint density at radius 3 is 2.33 bits per heavy atom. The van der Waals surface area contributed by atoms with Crippen molar-refractivity contribution in [2.75, 3.05) is 19.9 Å². The predicted octanol–water partition coefficient (Wildman–Crippen LogP) is 2.83. The molecule has 0 aromatic carbocycles. The zero-order chi connectivity index (χ0) is 43.8. The van der Waals surface area contributed by atoms with E-state index in [2.05, 4.69) is 36.1 Å². The highest BCUT2D eigenvalue weighted by Gasteiger charge is 2.51. The number of hydrogen-bond acceptors (Lipinski definition) is 11. The first-order chi connectivity index (χ1) is 26.6. The number of allylic oxidation sites excluding steroid dienone is 3. The lowest BCUT2D eigenvalue weighted by atomic mass is 9.75. The summed E-state index contributed by atoms with van der Waals surface area (Å²) in [4.78, 5) is 48.1. The van der Waals surface area contributed by atoms with Crippen molar-refractivity contribution < 1.29 is 62.6 Å². The van der Waals surface area contributed by atoms with Crippen LogP contribution in [0.1, 0.15) is 99.3 Å². The fourth-order valence-corrected chi connectivity index (χ4v) is 5.58. The molecule has 0 spiro atoms. The summed E-state index contributed by atoms with van der Waals surface area (Å²) < 4.78 is 46.3. The molecule has 57 heavy (non-hydrogen) atoms. The van der Waals surface area contributed by atoms with E-state index in [-0.39, 0.29) is 24.6 Å². The Morgan fingerprint density at radius 1 is 1.14 bits per heavy atom. The van der Waals surface area contributed by atoms with E-state index >= 15 is 8.78 Å². The monoisotopic (exact) mass is 819 g/mol. The van der Waals surface area contributed by atoms with Gasteiger partial charge in [-0.25, -0.2) is 13.6 Å². The number of aliphatic imine (C=N–C) groups is 1. The van der Waals surface area contributed by atoms with Crippen molar-refractivity contribution in [3.05, 3.63) is 36.5 Å². The number of carboxylic acids is 1. The van der Waals surface area contributed by atoms with E-state index in [1.807, 2.05) is 6.92 Å². The van der Waals surface area contributed by atoms with Gasteiger partial charge < -0.3 is 56.7 Å². The van der Waals surface area contributed by atoms with E-state index in [0.29, 0.717) is 57.1 Å². The van der Waals surface area contributed by atoms with Crippen LogP contribution >= 0.6 is 0 Å². The van der Waals surface area contributed by atoms with Gasteiger partial charge in [-0.1, -0.05) is 51.2 Å². The normalized spacial score (nSPS) is 22.1. The van der Waals surface area contributed by atoms with Crippen LogP contribution in [0.4, 0.5) is 8.78 Å². The van der Waals surface area contributed by atoms with Crippen LogP contribution in [-0.2, 0) is 33.4 Å². The third-order valence-electron chi connectivity index (χ3n) is 9.84. The Balaban J connectivity index is 0.00000110. The van der Waals surface area contributed by atoms with Crippen LogP contribution in [0, 0.1) is 11.3 Å². The lowest BCUT2D eigenvalue weighted by molar-refractivity contribution is -0.181. The lowest BCUT2D eigenvalue weighted by Gasteiger charge is -2.40. The predicted molar refractivity (Wildman–Crippen MR) is 211 cm³/mol. The zero-order valence-corrected chi connectivity index (χ0v) is 34.2. The Kier molecular flexibility index (Phi) is 25.9. The van der Waals surface area contributed by atoms with Gasteiger partial charge in [0.15, 0.2) is 11.7 Å². The van der Waals surface area contributed by atoms with E-state index in [1.165, 1.54) is 32.4 Å². The van der Waals surface area contributed by atoms with E-state index in [0.717, 1.165) is 13.0 Å². The first-order valence-corrected chi connectivity index (χ1v) is 19.2. The van der Waals surface area contributed by atoms with Crippen LogP contribution in [0.3, 0.4) is 0 Å². The van der Waals surface area contributed by atoms with Crippen LogP contribution in [0.15, 0.2) is 41.4 Å². The largest absolute Gasteiger partial charge is 0.480 e. The molecule has 0 aromatic rings. The maximum absolute atomic E-state index is 15.1. The molecule has 2 fully saturated rings. The number of aliphatic hydroxyl groups is 3. The number of carboxylic acid groups (broad SMARTS) is 1. The van der Waals surface area contributed by atoms with Crippen molar-refractivity contribution in [3.8, 4) is 0 Å². The molecule has 0 bridgehead atoms. The van der Waals surface area contributed by atoms with Crippen LogP contribution < -0.4 is 22.1 Å². The van der Waals surface area contributed by atoms with Gasteiger partial charge in [-0.05, 0) is 71.8 Å². The summed E-state index contributed by atoms with van der Waals surface area (Å²) in [7, 11) is 0. The van der Waals surface area contributed by atoms with Crippen molar-refractivity contribution >= 4 is 30.0 Å². The maximum atomic E-state index is 15.1. The quantitative estimate of drug-likeness (QED) is 0.0121. The summed E-state index contributed by atoms with van der Waals surface area (Å²) in [6.45, 7) is 14.2. The van der Waals surface area contributed by atoms with E-state index in [9.17, 15) is 29.4 Å². The van der Waals surface area contributed by atoms with Crippen LogP contribution in [0.25, 0.3) is 0 Å². The molecule has 10 N–H and O–H groups in total. The Bertz CT molecular complexity index is 1330. The zero-order valence-electron chi connectivity index (χ0n) is 34.2. The number of amides is 2. The van der Waals surface area contributed by atoms with E-state index in [4.69, 9.17) is 35.9 Å². The van der Waals surface area contributed by atoms with Crippen molar-refractivity contribution in [2.45, 2.75) is 148 Å². The highest BCUT2D eigenvalue weighted by atomic mass is 19.3. The van der Waals surface area contributed by atoms with Crippen molar-refractivity contribution in [3.63, 3.8) is 0 Å². The number of rotatable bonds is 21. The number of ketones is 1. The molecule has 0 aliphatic carbocycles. The number of aliphatic carboxylic acids is 1. The van der Waals surface area contributed by atoms with Gasteiger partial charge in [0.05, 0.1) is 30.3 Å². The molecule has 2 rings (SSSR count). The number of nitrogens with one attached hydrogen (secondary N) is 2. The smallest absolute Gasteiger partial charge is 0.326 e. The summed E-state index contributed by atoms with van der Waals surface area (Å²) in [5.74, 6) is -4.92. The first kappa shape index (κ1) is 53.2. The fraction of sp³-hybridized carbons (Fsp3) is 0.718. The number of carbonyl (C=O) groups excluding carboxylic acids is 3. The van der Waals surface area contributed by atoms with Crippen LogP contribution in [-0.4, -0.2) is 119 Å². The van der Waals surface area contributed by atoms with Gasteiger partial charge in [-0.3, -0.25) is 19.4 Å². The van der Waals surface area contributed by atoms with E-state index in [1.54, 1.807) is 18.2 Å². The number of halogens is 2. The maximum Gasteiger partial charge on any atom is 0.326 e. The van der Waals surface area contributed by atoms with Gasteiger partial charge in [0, 0.05) is 25.3 Å². The summed E-state index contributed by atoms with van der Waals surface area (Å²) >= 11 is 0. The average Bonchev–Trinajstić information content (AvgIpc) is 3.14. The summed E-state index contributed by atoms with van der Waals surface area (Å²) in [5, 5.41) is 42.0. The molecule has 2 heterocycles. The Morgan fingerprint density at radius 2 is 1.81 bits per heavy atom. The summed E-state index contributed by atoms with van der Waals surface area (Å²) in [5.41, 5.74) is 9.63. The second-order valence-corrected chi connectivity index (χ2v) is 14.5. The number of ether oxygens (including phenoxy) is 3. The number of alkyl halides is 2. The molecular weight excluding hydrogens is 752 g/mol. The number of carbonyl (C=O) groups is 4. The lowest BCUT2D eigenvalue weighted by Crippen LogP contribution is -2.49. The number of hydrogen-bond donors (Lipinski definition) is 8. The Hall–Kier alpha value is -3.81. The SMILES string of the molecule is C/C=C/C=C/C(=O)C1CCCC(CC(O)C(C)(C)C(F)(F)CCC(NC(=O)C(C)O)OCO)O1.C=C1CCOC(C)C1C.NC(N)=NCCCC(NC=O)C(=O)O. The average molecular weight is 820 g/mol. The Labute approximate surface area is 335 Å². The minimum Gasteiger partial charge on any atom is -0.480 e. The minimum absolute atomic E-state index is 0.0276. The molecule has 16 nitrogen and oxygen atoms in total. The second-order valence-electron chi connectivity index (χ2n) is 14.5. The van der Waals surface area contributed by atoms with Gasteiger partial charge in [0.2, 0.25) is 6.41 Å². The molecule has 18 heteroatoms. The number of nitrogens with two attached hydrogens (primary N) is 2. The third-order valence-corrected chi connectivity index (χ3v) is 9.84. The molecular formula is C39H67F2N5O11. The molecule has 8 atom stereocenters. The fourth-order valence-electron chi connectivity index (χ4n) is 5.58. The molecule has 328 valence electrons. The molecule has 2 aliphatic heterocycles. The molecule has 0 aromatic heterocycles. The van der Waals surface area contributed by atoms with Gasteiger partial charge in [0.1, 0.15) is 31.3 Å². The van der Waals surface area contributed by atoms with Crippen LogP contribution in [0.5, 0.6) is 0 Å². The van der Waals surface area contributed by atoms with E-state index < -0.39 is 73.1 Å². The highest BCUT2D eigenvalue weighted by molar-refractivity contribution is 5.93. The molecule has 0 radical (unpaired) electrons. The van der Waals surface area contributed by atoms with Gasteiger partial charge >= 0.3 is 5.97 Å². The second kappa shape index (κ2) is 27.8. The third kappa shape index (κ3) is 21.0. The molecule has 2 amide bonds. The van der Waals surface area contributed by atoms with Gasteiger partial charge in [-0.2, -0.15) is 0 Å². The number of nitrogens with zero attached hydrogens (tertiary/aromatic N) is 1. The summed E-state index contributed by atoms with van der Waals surface area (Å²) in [6.07, 6.45) is 4.54. The van der Waals surface area contributed by atoms with Gasteiger partial charge in [-0.15, -0.1) is 0 Å². The summed E-state index contributed by atoms with van der Waals surface area (Å²) in [6, 6.07) is -0.873. The van der Waals surface area contributed by atoms with Crippen molar-refractivity contribution in [1.82, 2.24) is 10.6 Å². The van der Waals surface area contributed by atoms with Crippen LogP contribution in [0.2, 0.25) is 0 Å². The molecule has 8 unspecified atom stereocenters. The van der Waals surface area contributed by atoms with Gasteiger partial charge in [0.25, 0.3) is 11.8 Å². The first-order valence-electron chi connectivity index (χ1n) is 19.2. The highest BCUT2D eigenvalue weighted by Crippen LogP contribution is 2.44. The number of guanidine groups is 1. The standard InChI is InChI=1S/C24H39F2NO7.C8H14O.C7H14N4O3/c1-5-6-7-10-18(30)19-11-8-9-17(34-19)14-20(31)23(3,4)24(25,26)13-12-21(33-15-28)27-22(32)16(2)29;1-6-4-5-9-8(3)7(6)2;8-7(9)10-3-1-2-5(6(13)14)11-4-12/h5-7,10,16-17,19-21,28-29,31H,8-9,11-15H2,1-4H3,(H,27,32);7-8H,1,4-5H2,2-3H3;4-5H,1-3H2,(H,11,12)(H,13,14)(H4,8,9,10)/b6-5+,10-7+;;. The topological polar surface area (TPSA) is 265 Å². The number of aliphatic hydroxyl groups excluding tert-OH is 3. The molecule has 0 saturated carbocycles. The van der Waals surface area contributed by atoms with Crippen molar-refractivity contribution in [2.24, 2.45) is 27.8 Å². The van der Waals surface area contributed by atoms with Crippen molar-refractivity contribution in [1.29, 1.82) is 0 Å². The minimum atomic E-state index is -3.36. The molecule has 2 aliphatic rings. The molecule has 2 saturated heterocycles.